The van der Waals surface area contributed by atoms with E-state index in [0.29, 0.717) is 42.2 Å². The lowest BCUT2D eigenvalue weighted by Gasteiger charge is -2.16. The van der Waals surface area contributed by atoms with Gasteiger partial charge in [0.25, 0.3) is 12.4 Å². The van der Waals surface area contributed by atoms with Gasteiger partial charge in [-0.3, -0.25) is 9.59 Å². The van der Waals surface area contributed by atoms with Gasteiger partial charge >= 0.3 is 0 Å². The zero-order valence-electron chi connectivity index (χ0n) is 17.2. The molecule has 3 heterocycles. The molecular weight excluding hydrogens is 403 g/mol. The molecular formula is C22H25FN4O4. The highest BCUT2D eigenvalue weighted by Crippen LogP contribution is 2.24. The number of aliphatic hydroxyl groups is 1. The molecule has 2 aromatic heterocycles. The Hall–Kier alpha value is -3.33. The summed E-state index contributed by atoms with van der Waals surface area (Å²) < 4.78 is 15.4. The lowest BCUT2D eigenvalue weighted by molar-refractivity contribution is -0.122. The third-order valence-corrected chi connectivity index (χ3v) is 5.37. The van der Waals surface area contributed by atoms with Crippen molar-refractivity contribution in [3.63, 3.8) is 0 Å². The summed E-state index contributed by atoms with van der Waals surface area (Å²) >= 11 is 0. The number of likely N-dealkylation sites (tertiary alicyclic amines) is 1. The van der Waals surface area contributed by atoms with E-state index in [-0.39, 0.29) is 24.8 Å². The lowest BCUT2D eigenvalue weighted by atomic mass is 9.98. The van der Waals surface area contributed by atoms with E-state index in [4.69, 9.17) is 15.0 Å². The van der Waals surface area contributed by atoms with E-state index in [1.165, 1.54) is 0 Å². The zero-order chi connectivity index (χ0) is 22.4. The van der Waals surface area contributed by atoms with Crippen LogP contribution in [0.25, 0.3) is 5.65 Å². The number of amides is 1. The Morgan fingerprint density at radius 2 is 2.10 bits per heavy atom. The molecule has 8 nitrogen and oxygen atoms in total. The average molecular weight is 428 g/mol. The largest absolute Gasteiger partial charge is 0.483 e. The highest BCUT2D eigenvalue weighted by molar-refractivity contribution is 5.99. The van der Waals surface area contributed by atoms with Crippen molar-refractivity contribution < 1.29 is 24.2 Å². The number of aryl methyl sites for hydroxylation is 1. The summed E-state index contributed by atoms with van der Waals surface area (Å²) in [6, 6.07) is 5.36. The molecule has 0 saturated carbocycles. The van der Waals surface area contributed by atoms with Gasteiger partial charge in [-0.1, -0.05) is 12.1 Å². The number of carbonyl (C=O) groups excluding carboxylic acids is 1. The third kappa shape index (κ3) is 5.24. The minimum Gasteiger partial charge on any atom is -0.483 e. The standard InChI is InChI=1S/C21H23FN4O2.CH2O2/c1-14-2-3-15(9-19(14)22)8-16-4-6-25(12-16)21(28)18-11-24-26-13-17(5-7-27)10-23-20(18)26;2-1-3/h2-3,9-11,13,16,27H,4-8,12H2,1H3;1H,(H,2,3). The fourth-order valence-electron chi connectivity index (χ4n) is 3.77. The van der Waals surface area contributed by atoms with Crippen molar-refractivity contribution in [2.75, 3.05) is 19.7 Å². The zero-order valence-corrected chi connectivity index (χ0v) is 17.2. The van der Waals surface area contributed by atoms with E-state index < -0.39 is 0 Å². The number of hydrogen-bond donors (Lipinski definition) is 2. The number of rotatable bonds is 5. The molecule has 164 valence electrons. The first kappa shape index (κ1) is 22.4. The van der Waals surface area contributed by atoms with Crippen molar-refractivity contribution >= 4 is 18.0 Å². The van der Waals surface area contributed by atoms with Crippen LogP contribution in [0.4, 0.5) is 4.39 Å². The van der Waals surface area contributed by atoms with Gasteiger partial charge < -0.3 is 15.1 Å². The van der Waals surface area contributed by atoms with Gasteiger partial charge in [-0.15, -0.1) is 0 Å². The maximum atomic E-state index is 13.8. The number of halogens is 1. The Morgan fingerprint density at radius 1 is 1.32 bits per heavy atom. The summed E-state index contributed by atoms with van der Waals surface area (Å²) in [5.74, 6) is 0.0634. The minimum atomic E-state index is -0.250. The Morgan fingerprint density at radius 3 is 2.81 bits per heavy atom. The van der Waals surface area contributed by atoms with Crippen molar-refractivity contribution in [1.82, 2.24) is 19.5 Å². The number of carbonyl (C=O) groups is 2. The maximum absolute atomic E-state index is 13.8. The van der Waals surface area contributed by atoms with Crippen molar-refractivity contribution in [3.8, 4) is 0 Å². The third-order valence-electron chi connectivity index (χ3n) is 5.37. The van der Waals surface area contributed by atoms with Crippen LogP contribution in [0.1, 0.15) is 33.5 Å². The lowest BCUT2D eigenvalue weighted by Crippen LogP contribution is -2.29. The summed E-state index contributed by atoms with van der Waals surface area (Å²) in [7, 11) is 0. The van der Waals surface area contributed by atoms with E-state index >= 15 is 0 Å². The van der Waals surface area contributed by atoms with Crippen LogP contribution in [0.5, 0.6) is 0 Å². The van der Waals surface area contributed by atoms with Gasteiger partial charge in [-0.2, -0.15) is 5.10 Å². The van der Waals surface area contributed by atoms with E-state index in [0.717, 1.165) is 24.0 Å². The van der Waals surface area contributed by atoms with Crippen molar-refractivity contribution in [3.05, 3.63) is 64.9 Å². The number of aromatic nitrogens is 3. The first-order chi connectivity index (χ1) is 15.0. The normalized spacial score (nSPS) is 15.6. The van der Waals surface area contributed by atoms with Crippen LogP contribution in [-0.4, -0.2) is 61.8 Å². The second-order valence-corrected chi connectivity index (χ2v) is 7.56. The molecule has 1 fully saturated rings. The van der Waals surface area contributed by atoms with Crippen LogP contribution in [0.15, 0.2) is 36.8 Å². The summed E-state index contributed by atoms with van der Waals surface area (Å²) in [6.07, 6.45) is 7.17. The number of carboxylic acid groups (broad SMARTS) is 1. The molecule has 31 heavy (non-hydrogen) atoms. The summed E-state index contributed by atoms with van der Waals surface area (Å²) in [4.78, 5) is 27.5. The van der Waals surface area contributed by atoms with Gasteiger partial charge in [-0.05, 0) is 54.9 Å². The fraction of sp³-hybridized carbons (Fsp3) is 0.364. The Kier molecular flexibility index (Phi) is 7.30. The number of hydrogen-bond acceptors (Lipinski definition) is 5. The van der Waals surface area contributed by atoms with Gasteiger partial charge in [0, 0.05) is 32.1 Å². The molecule has 1 aliphatic rings. The Bertz CT molecular complexity index is 1070. The quantitative estimate of drug-likeness (QED) is 0.603. The fourth-order valence-corrected chi connectivity index (χ4v) is 3.77. The molecule has 3 aromatic rings. The van der Waals surface area contributed by atoms with Crippen LogP contribution < -0.4 is 0 Å². The molecule has 1 unspecified atom stereocenters. The highest BCUT2D eigenvalue weighted by atomic mass is 19.1. The number of benzene rings is 1. The molecule has 0 radical (unpaired) electrons. The number of nitrogens with zero attached hydrogens (tertiary/aromatic N) is 4. The van der Waals surface area contributed by atoms with Crippen molar-refractivity contribution in [2.24, 2.45) is 5.92 Å². The van der Waals surface area contributed by atoms with Gasteiger partial charge in [0.15, 0.2) is 5.65 Å². The topological polar surface area (TPSA) is 108 Å². The first-order valence-electron chi connectivity index (χ1n) is 10.0. The van der Waals surface area contributed by atoms with Gasteiger partial charge in [-0.25, -0.2) is 13.9 Å². The van der Waals surface area contributed by atoms with Gasteiger partial charge in [0.2, 0.25) is 0 Å². The van der Waals surface area contributed by atoms with Crippen LogP contribution in [0.2, 0.25) is 0 Å². The Labute approximate surface area is 179 Å². The Balaban J connectivity index is 0.000000858. The molecule has 1 atom stereocenters. The van der Waals surface area contributed by atoms with Crippen LogP contribution in [0, 0.1) is 18.7 Å². The second kappa shape index (κ2) is 10.1. The summed E-state index contributed by atoms with van der Waals surface area (Å²) in [5.41, 5.74) is 3.49. The second-order valence-electron chi connectivity index (χ2n) is 7.56. The molecule has 1 saturated heterocycles. The van der Waals surface area contributed by atoms with Gasteiger partial charge in [0.05, 0.1) is 6.20 Å². The predicted octanol–water partition coefficient (Wildman–Crippen LogP) is 2.12. The van der Waals surface area contributed by atoms with Crippen LogP contribution >= 0.6 is 0 Å². The SMILES string of the molecule is Cc1ccc(CC2CCN(C(=O)c3cnn4cc(CCO)cnc34)C2)cc1F.O=CO. The van der Waals surface area contributed by atoms with E-state index in [9.17, 15) is 9.18 Å². The van der Waals surface area contributed by atoms with Crippen molar-refractivity contribution in [1.29, 1.82) is 0 Å². The van der Waals surface area contributed by atoms with Crippen LogP contribution in [0.3, 0.4) is 0 Å². The molecule has 0 spiro atoms. The van der Waals surface area contributed by atoms with Crippen molar-refractivity contribution in [2.45, 2.75) is 26.2 Å². The van der Waals surface area contributed by atoms with Gasteiger partial charge in [0.1, 0.15) is 11.4 Å². The minimum absolute atomic E-state index is 0.0420. The number of fused-ring (bicyclic) bond motifs is 1. The molecule has 9 heteroatoms. The molecule has 0 aliphatic carbocycles. The molecule has 1 aromatic carbocycles. The molecule has 1 aliphatic heterocycles. The summed E-state index contributed by atoms with van der Waals surface area (Å²) in [5, 5.41) is 20.2. The maximum Gasteiger partial charge on any atom is 0.290 e. The molecule has 2 N–H and O–H groups in total. The average Bonchev–Trinajstić information content (AvgIpc) is 3.38. The van der Waals surface area contributed by atoms with Crippen LogP contribution in [-0.2, 0) is 17.6 Å². The van der Waals surface area contributed by atoms with E-state index in [1.54, 1.807) is 42.2 Å². The smallest absolute Gasteiger partial charge is 0.290 e. The molecule has 0 bridgehead atoms. The monoisotopic (exact) mass is 428 g/mol. The molecule has 1 amide bonds. The van der Waals surface area contributed by atoms with E-state index in [1.807, 2.05) is 11.0 Å². The first-order valence-corrected chi connectivity index (χ1v) is 10.0. The predicted molar refractivity (Wildman–Crippen MR) is 111 cm³/mol. The number of aliphatic hydroxyl groups excluding tert-OH is 1. The molecule has 4 rings (SSSR count). The van der Waals surface area contributed by atoms with E-state index in [2.05, 4.69) is 10.1 Å². The highest BCUT2D eigenvalue weighted by Gasteiger charge is 2.29. The summed E-state index contributed by atoms with van der Waals surface area (Å²) in [6.45, 7) is 2.87.